The van der Waals surface area contributed by atoms with Gasteiger partial charge in [0, 0.05) is 0 Å². The lowest BCUT2D eigenvalue weighted by Gasteiger charge is -2.29. The molecule has 1 saturated heterocycles. The molecule has 1 aliphatic heterocycles. The highest BCUT2D eigenvalue weighted by atomic mass is 19.1. The van der Waals surface area contributed by atoms with Crippen molar-refractivity contribution in [3.05, 3.63) is 6.33 Å². The SMILES string of the molecule is CCOc1nc(N)nc2c1ncn2C1O[C@@](CO)(CF)[C@@H](O)[C@@]1(C)O. The summed E-state index contributed by atoms with van der Waals surface area (Å²) < 4.78 is 25.7. The molecule has 1 aliphatic rings. The number of fused-ring (bicyclic) bond motifs is 1. The van der Waals surface area contributed by atoms with Gasteiger partial charge in [0.05, 0.1) is 19.5 Å². The number of anilines is 1. The van der Waals surface area contributed by atoms with Crippen molar-refractivity contribution in [1.29, 1.82) is 0 Å². The molecule has 2 aromatic heterocycles. The maximum atomic E-state index is 13.5. The van der Waals surface area contributed by atoms with Gasteiger partial charge in [-0.15, -0.1) is 0 Å². The molecule has 25 heavy (non-hydrogen) atoms. The molecule has 0 aliphatic carbocycles. The smallest absolute Gasteiger partial charge is 0.247 e. The van der Waals surface area contributed by atoms with Crippen LogP contribution >= 0.6 is 0 Å². The molecule has 0 aromatic carbocycles. The lowest BCUT2D eigenvalue weighted by Crippen LogP contribution is -2.52. The van der Waals surface area contributed by atoms with Crippen LogP contribution in [0.25, 0.3) is 11.2 Å². The molecule has 4 atom stereocenters. The van der Waals surface area contributed by atoms with Crippen molar-refractivity contribution in [2.45, 2.75) is 37.4 Å². The van der Waals surface area contributed by atoms with E-state index in [0.29, 0.717) is 6.61 Å². The Kier molecular flexibility index (Phi) is 4.27. The minimum atomic E-state index is -1.95. The fourth-order valence-corrected chi connectivity index (χ4v) is 3.00. The number of hydrogen-bond acceptors (Lipinski definition) is 9. The third kappa shape index (κ3) is 2.51. The number of aromatic nitrogens is 4. The summed E-state index contributed by atoms with van der Waals surface area (Å²) in [6.45, 7) is 1.36. The maximum Gasteiger partial charge on any atom is 0.247 e. The van der Waals surface area contributed by atoms with Crippen LogP contribution < -0.4 is 10.5 Å². The molecule has 0 bridgehead atoms. The second kappa shape index (κ2) is 6.02. The van der Waals surface area contributed by atoms with E-state index in [1.165, 1.54) is 17.8 Å². The number of hydrogen-bond donors (Lipinski definition) is 4. The Labute approximate surface area is 142 Å². The van der Waals surface area contributed by atoms with Gasteiger partial charge in [0.1, 0.15) is 18.4 Å². The molecule has 11 heteroatoms. The zero-order valence-electron chi connectivity index (χ0n) is 13.8. The van der Waals surface area contributed by atoms with Crippen LogP contribution in [-0.2, 0) is 4.74 Å². The zero-order chi connectivity index (χ0) is 18.4. The Hall–Kier alpha value is -2.08. The number of ether oxygens (including phenoxy) is 2. The van der Waals surface area contributed by atoms with Crippen molar-refractivity contribution in [2.24, 2.45) is 0 Å². The first-order chi connectivity index (χ1) is 11.8. The number of aliphatic hydroxyl groups is 3. The molecular formula is C14H20FN5O5. The van der Waals surface area contributed by atoms with Gasteiger partial charge >= 0.3 is 0 Å². The highest BCUT2D eigenvalue weighted by molar-refractivity contribution is 5.77. The number of nitrogen functional groups attached to an aromatic ring is 1. The average molecular weight is 357 g/mol. The van der Waals surface area contributed by atoms with E-state index in [4.69, 9.17) is 15.2 Å². The molecule has 3 heterocycles. The number of imidazole rings is 1. The summed E-state index contributed by atoms with van der Waals surface area (Å²) in [7, 11) is 0. The fourth-order valence-electron chi connectivity index (χ4n) is 3.00. The van der Waals surface area contributed by atoms with Gasteiger partial charge in [-0.1, -0.05) is 0 Å². The van der Waals surface area contributed by atoms with Gasteiger partial charge in [-0.05, 0) is 13.8 Å². The second-order valence-electron chi connectivity index (χ2n) is 6.10. The predicted molar refractivity (Wildman–Crippen MR) is 83.4 cm³/mol. The molecular weight excluding hydrogens is 337 g/mol. The van der Waals surface area contributed by atoms with Crippen LogP contribution in [0.15, 0.2) is 6.33 Å². The Morgan fingerprint density at radius 3 is 2.76 bits per heavy atom. The standard InChI is InChI=1S/C14H20FN5O5/c1-3-24-9-7-8(18-12(16)19-9)20(6-17-7)11-13(2,23)10(22)14(4-15,5-21)25-11/h6,10-11,21-23H,3-5H2,1-2H3,(H2,16,18,19)/t10-,11?,13+,14+/m0/s1. The average Bonchev–Trinajstić information content (AvgIpc) is 3.07. The third-order valence-corrected chi connectivity index (χ3v) is 4.33. The molecule has 5 N–H and O–H groups in total. The van der Waals surface area contributed by atoms with E-state index in [2.05, 4.69) is 15.0 Å². The number of rotatable bonds is 5. The molecule has 0 spiro atoms. The van der Waals surface area contributed by atoms with E-state index >= 15 is 0 Å². The normalized spacial score (nSPS) is 32.4. The Morgan fingerprint density at radius 1 is 1.48 bits per heavy atom. The van der Waals surface area contributed by atoms with Gasteiger partial charge in [0.25, 0.3) is 0 Å². The summed E-state index contributed by atoms with van der Waals surface area (Å²) in [6.07, 6.45) is -1.65. The fraction of sp³-hybridized carbons (Fsp3) is 0.643. The Balaban J connectivity index is 2.13. The topological polar surface area (TPSA) is 149 Å². The first-order valence-electron chi connectivity index (χ1n) is 7.68. The molecule has 0 amide bonds. The Morgan fingerprint density at radius 2 is 2.20 bits per heavy atom. The van der Waals surface area contributed by atoms with Crippen LogP contribution in [0, 0.1) is 0 Å². The van der Waals surface area contributed by atoms with Crippen molar-refractivity contribution >= 4 is 17.1 Å². The number of nitrogens with zero attached hydrogens (tertiary/aromatic N) is 4. The van der Waals surface area contributed by atoms with Crippen molar-refractivity contribution in [3.8, 4) is 5.88 Å². The molecule has 138 valence electrons. The Bertz CT molecular complexity index is 778. The number of halogens is 1. The second-order valence-corrected chi connectivity index (χ2v) is 6.10. The van der Waals surface area contributed by atoms with Crippen LogP contribution in [0.2, 0.25) is 0 Å². The summed E-state index contributed by atoms with van der Waals surface area (Å²) in [5.41, 5.74) is 2.26. The number of aliphatic hydroxyl groups excluding tert-OH is 2. The van der Waals surface area contributed by atoms with Crippen molar-refractivity contribution in [1.82, 2.24) is 19.5 Å². The van der Waals surface area contributed by atoms with E-state index in [9.17, 15) is 19.7 Å². The van der Waals surface area contributed by atoms with Gasteiger partial charge in [0.2, 0.25) is 11.8 Å². The minimum absolute atomic E-state index is 0.0881. The lowest BCUT2D eigenvalue weighted by atomic mass is 9.88. The highest BCUT2D eigenvalue weighted by Gasteiger charge is 2.62. The predicted octanol–water partition coefficient (Wildman–Crippen LogP) is -0.852. The summed E-state index contributed by atoms with van der Waals surface area (Å²) in [6, 6.07) is 0. The molecule has 1 unspecified atom stereocenters. The number of nitrogens with two attached hydrogens (primary N) is 1. The molecule has 0 saturated carbocycles. The van der Waals surface area contributed by atoms with Crippen molar-refractivity contribution in [2.75, 3.05) is 25.6 Å². The van der Waals surface area contributed by atoms with Gasteiger partial charge in [-0.3, -0.25) is 4.57 Å². The van der Waals surface area contributed by atoms with E-state index in [0.717, 1.165) is 0 Å². The van der Waals surface area contributed by atoms with Crippen molar-refractivity contribution < 1.29 is 29.2 Å². The summed E-state index contributed by atoms with van der Waals surface area (Å²) >= 11 is 0. The van der Waals surface area contributed by atoms with Gasteiger partial charge in [-0.25, -0.2) is 9.37 Å². The van der Waals surface area contributed by atoms with Crippen molar-refractivity contribution in [3.63, 3.8) is 0 Å². The minimum Gasteiger partial charge on any atom is -0.476 e. The van der Waals surface area contributed by atoms with E-state index in [1.807, 2.05) is 0 Å². The molecule has 0 radical (unpaired) electrons. The molecule has 10 nitrogen and oxygen atoms in total. The zero-order valence-corrected chi connectivity index (χ0v) is 13.8. The van der Waals surface area contributed by atoms with Crippen LogP contribution in [-0.4, -0.2) is 72.0 Å². The summed E-state index contributed by atoms with van der Waals surface area (Å²) in [4.78, 5) is 12.2. The van der Waals surface area contributed by atoms with Gasteiger partial charge in [0.15, 0.2) is 23.0 Å². The first-order valence-corrected chi connectivity index (χ1v) is 7.68. The number of alkyl halides is 1. The highest BCUT2D eigenvalue weighted by Crippen LogP contribution is 2.45. The summed E-state index contributed by atoms with van der Waals surface area (Å²) in [5, 5.41) is 30.5. The first kappa shape index (κ1) is 17.7. The maximum absolute atomic E-state index is 13.5. The van der Waals surface area contributed by atoms with E-state index in [1.54, 1.807) is 6.92 Å². The largest absolute Gasteiger partial charge is 0.476 e. The van der Waals surface area contributed by atoms with E-state index < -0.39 is 36.8 Å². The molecule has 2 aromatic rings. The van der Waals surface area contributed by atoms with Crippen LogP contribution in [0.4, 0.5) is 10.3 Å². The van der Waals surface area contributed by atoms with E-state index in [-0.39, 0.29) is 23.0 Å². The molecule has 3 rings (SSSR count). The van der Waals surface area contributed by atoms with Gasteiger partial charge < -0.3 is 30.5 Å². The van der Waals surface area contributed by atoms with Crippen LogP contribution in [0.3, 0.4) is 0 Å². The quantitative estimate of drug-likeness (QED) is 0.536. The molecule has 1 fully saturated rings. The van der Waals surface area contributed by atoms with Crippen LogP contribution in [0.1, 0.15) is 20.1 Å². The summed E-state index contributed by atoms with van der Waals surface area (Å²) in [5.74, 6) is 0.0654. The monoisotopic (exact) mass is 357 g/mol. The lowest BCUT2D eigenvalue weighted by molar-refractivity contribution is -0.137. The third-order valence-electron chi connectivity index (χ3n) is 4.33. The van der Waals surface area contributed by atoms with Crippen LogP contribution in [0.5, 0.6) is 5.88 Å². The van der Waals surface area contributed by atoms with Gasteiger partial charge in [-0.2, -0.15) is 9.97 Å².